The van der Waals surface area contributed by atoms with E-state index in [1.54, 1.807) is 18.2 Å². The van der Waals surface area contributed by atoms with Crippen LogP contribution in [0.5, 0.6) is 0 Å². The fraction of sp³-hybridized carbons (Fsp3) is 0.214. The maximum atomic E-state index is 13.3. The Labute approximate surface area is 202 Å². The van der Waals surface area contributed by atoms with E-state index in [0.29, 0.717) is 37.1 Å². The van der Waals surface area contributed by atoms with Crippen LogP contribution in [0, 0.1) is 0 Å². The number of rotatable bonds is 8. The Kier molecular flexibility index (Phi) is 6.01. The van der Waals surface area contributed by atoms with Crippen molar-refractivity contribution in [3.63, 3.8) is 0 Å². The molecule has 1 saturated carbocycles. The number of fused-ring (bicyclic) bond motifs is 1. The van der Waals surface area contributed by atoms with Crippen LogP contribution in [0.2, 0.25) is 0 Å². The summed E-state index contributed by atoms with van der Waals surface area (Å²) in [5, 5.41) is 8.87. The molecule has 1 fully saturated rings. The summed E-state index contributed by atoms with van der Waals surface area (Å²) >= 11 is 0. The summed E-state index contributed by atoms with van der Waals surface area (Å²) in [5.41, 5.74) is 2.34. The van der Waals surface area contributed by atoms with Crippen LogP contribution in [0.25, 0.3) is 0 Å². The van der Waals surface area contributed by atoms with E-state index in [1.165, 1.54) is 0 Å². The lowest BCUT2D eigenvalue weighted by Crippen LogP contribution is -2.51. The van der Waals surface area contributed by atoms with E-state index < -0.39 is 23.1 Å². The van der Waals surface area contributed by atoms with Crippen LogP contribution < -0.4 is 16.0 Å². The minimum atomic E-state index is -1.56. The first-order valence-corrected chi connectivity index (χ1v) is 11.6. The van der Waals surface area contributed by atoms with Crippen molar-refractivity contribution < 1.29 is 19.2 Å². The first-order chi connectivity index (χ1) is 17.0. The van der Waals surface area contributed by atoms with Crippen molar-refractivity contribution >= 4 is 29.1 Å². The molecule has 0 saturated heterocycles. The Morgan fingerprint density at radius 2 is 1.51 bits per heavy atom. The molecule has 1 heterocycles. The monoisotopic (exact) mass is 467 g/mol. The van der Waals surface area contributed by atoms with Crippen molar-refractivity contribution in [1.82, 2.24) is 10.6 Å². The highest BCUT2D eigenvalue weighted by molar-refractivity contribution is 6.66. The highest BCUT2D eigenvalue weighted by Crippen LogP contribution is 2.40. The molecular weight excluding hydrogens is 442 g/mol. The molecule has 1 atom stereocenters. The molecule has 3 N–H and O–H groups in total. The van der Waals surface area contributed by atoms with Crippen LogP contribution in [0.4, 0.5) is 5.69 Å². The van der Waals surface area contributed by atoms with Gasteiger partial charge in [-0.1, -0.05) is 72.8 Å². The van der Waals surface area contributed by atoms with Crippen molar-refractivity contribution in [3.05, 3.63) is 101 Å². The predicted molar refractivity (Wildman–Crippen MR) is 130 cm³/mol. The Bertz CT molecular complexity index is 1290. The molecule has 0 aromatic heterocycles. The third kappa shape index (κ3) is 4.50. The van der Waals surface area contributed by atoms with Gasteiger partial charge in [0.2, 0.25) is 23.4 Å². The van der Waals surface area contributed by atoms with Gasteiger partial charge in [0.25, 0.3) is 0 Å². The molecular formula is C28H25N3O4. The normalized spacial score (nSPS) is 16.7. The third-order valence-corrected chi connectivity index (χ3v) is 6.56. The molecule has 176 valence electrons. The Hall–Kier alpha value is -4.10. The van der Waals surface area contributed by atoms with Crippen LogP contribution in [0.15, 0.2) is 78.9 Å². The van der Waals surface area contributed by atoms with Crippen LogP contribution >= 0.6 is 0 Å². The summed E-state index contributed by atoms with van der Waals surface area (Å²) in [6.07, 6.45) is 1.18. The van der Waals surface area contributed by atoms with Gasteiger partial charge in [-0.3, -0.25) is 24.5 Å². The maximum Gasteiger partial charge on any atom is 0.237 e. The average molecular weight is 468 g/mol. The molecule has 1 unspecified atom stereocenters. The highest BCUT2D eigenvalue weighted by Gasteiger charge is 2.67. The van der Waals surface area contributed by atoms with Crippen LogP contribution in [0.1, 0.15) is 28.7 Å². The quantitative estimate of drug-likeness (QED) is 0.349. The van der Waals surface area contributed by atoms with Gasteiger partial charge in [0.15, 0.2) is 5.54 Å². The predicted octanol–water partition coefficient (Wildman–Crippen LogP) is 2.44. The molecule has 0 spiro atoms. The Morgan fingerprint density at radius 1 is 0.857 bits per heavy atom. The van der Waals surface area contributed by atoms with Gasteiger partial charge in [-0.25, -0.2) is 0 Å². The smallest absolute Gasteiger partial charge is 0.237 e. The molecule has 3 aromatic rings. The number of benzene rings is 3. The molecule has 7 nitrogen and oxygen atoms in total. The Morgan fingerprint density at radius 3 is 2.17 bits per heavy atom. The van der Waals surface area contributed by atoms with Gasteiger partial charge in [-0.05, 0) is 41.2 Å². The van der Waals surface area contributed by atoms with E-state index in [9.17, 15) is 19.2 Å². The number of amides is 2. The summed E-state index contributed by atoms with van der Waals surface area (Å²) in [5.74, 6) is -1.48. The molecule has 5 rings (SSSR count). The SMILES string of the molecule is O=C1CCc2cc(C3(NC(Cc4ccccc4)C(=O)NCc4ccccc4)C(=O)C3=O)ccc2N1. The van der Waals surface area contributed by atoms with Crippen molar-refractivity contribution in [2.24, 2.45) is 0 Å². The molecule has 35 heavy (non-hydrogen) atoms. The first-order valence-electron chi connectivity index (χ1n) is 11.6. The van der Waals surface area contributed by atoms with Gasteiger partial charge < -0.3 is 10.6 Å². The molecule has 0 bridgehead atoms. The van der Waals surface area contributed by atoms with Crippen LogP contribution in [-0.2, 0) is 44.1 Å². The van der Waals surface area contributed by atoms with Crippen molar-refractivity contribution in [2.45, 2.75) is 37.4 Å². The lowest BCUT2D eigenvalue weighted by molar-refractivity contribution is -0.123. The zero-order chi connectivity index (χ0) is 24.4. The number of aryl methyl sites for hydroxylation is 1. The third-order valence-electron chi connectivity index (χ3n) is 6.56. The van der Waals surface area contributed by atoms with Crippen LogP contribution in [0.3, 0.4) is 0 Å². The second-order valence-electron chi connectivity index (χ2n) is 8.92. The number of carbonyl (C=O) groups excluding carboxylic acids is 4. The van der Waals surface area contributed by atoms with Gasteiger partial charge in [0.1, 0.15) is 0 Å². The standard InChI is InChI=1S/C28H25N3O4/c32-24-14-11-20-16-21(12-13-22(20)30-24)28(25(33)26(28)34)31-23(15-18-7-3-1-4-8-18)27(35)29-17-19-9-5-2-6-10-19/h1-10,12-13,16,23,31H,11,14-15,17H2,(H,29,35)(H,30,32). The lowest BCUT2D eigenvalue weighted by atomic mass is 9.94. The maximum absolute atomic E-state index is 13.3. The molecule has 3 aromatic carbocycles. The summed E-state index contributed by atoms with van der Waals surface area (Å²) < 4.78 is 0. The second-order valence-corrected chi connectivity index (χ2v) is 8.92. The van der Waals surface area contributed by atoms with E-state index in [2.05, 4.69) is 16.0 Å². The Balaban J connectivity index is 1.42. The van der Waals surface area contributed by atoms with Crippen molar-refractivity contribution in [3.8, 4) is 0 Å². The highest BCUT2D eigenvalue weighted by atomic mass is 16.2. The number of carbonyl (C=O) groups is 4. The topological polar surface area (TPSA) is 104 Å². The summed E-state index contributed by atoms with van der Waals surface area (Å²) in [4.78, 5) is 50.5. The molecule has 2 aliphatic rings. The zero-order valence-corrected chi connectivity index (χ0v) is 19.0. The molecule has 1 aliphatic carbocycles. The number of hydrogen-bond acceptors (Lipinski definition) is 5. The fourth-order valence-corrected chi connectivity index (χ4v) is 4.56. The fourth-order valence-electron chi connectivity index (χ4n) is 4.56. The van der Waals surface area contributed by atoms with Crippen molar-refractivity contribution in [2.75, 3.05) is 5.32 Å². The number of ketones is 2. The molecule has 7 heteroatoms. The number of hydrogen-bond donors (Lipinski definition) is 3. The number of anilines is 1. The van der Waals surface area contributed by atoms with E-state index in [-0.39, 0.29) is 11.8 Å². The van der Waals surface area contributed by atoms with Gasteiger partial charge in [0.05, 0.1) is 6.04 Å². The largest absolute Gasteiger partial charge is 0.351 e. The zero-order valence-electron chi connectivity index (χ0n) is 19.0. The number of nitrogens with one attached hydrogen (secondary N) is 3. The van der Waals surface area contributed by atoms with E-state index in [1.807, 2.05) is 60.7 Å². The molecule has 0 radical (unpaired) electrons. The van der Waals surface area contributed by atoms with Gasteiger partial charge in [0, 0.05) is 18.7 Å². The average Bonchev–Trinajstić information content (AvgIpc) is 3.41. The van der Waals surface area contributed by atoms with E-state index in [4.69, 9.17) is 0 Å². The van der Waals surface area contributed by atoms with Crippen LogP contribution in [-0.4, -0.2) is 29.4 Å². The number of Topliss-reactive ketones (excluding diaryl/α,β-unsaturated/α-hetero) is 2. The summed E-state index contributed by atoms with van der Waals surface area (Å²) in [7, 11) is 0. The van der Waals surface area contributed by atoms with E-state index >= 15 is 0 Å². The lowest BCUT2D eigenvalue weighted by Gasteiger charge is -2.25. The van der Waals surface area contributed by atoms with E-state index in [0.717, 1.165) is 16.7 Å². The second kappa shape index (κ2) is 9.27. The first kappa shape index (κ1) is 22.7. The van der Waals surface area contributed by atoms with Gasteiger partial charge in [-0.15, -0.1) is 0 Å². The van der Waals surface area contributed by atoms with Gasteiger partial charge in [-0.2, -0.15) is 0 Å². The molecule has 1 aliphatic heterocycles. The summed E-state index contributed by atoms with van der Waals surface area (Å²) in [6, 6.07) is 23.4. The van der Waals surface area contributed by atoms with Crippen molar-refractivity contribution in [1.29, 1.82) is 0 Å². The van der Waals surface area contributed by atoms with Gasteiger partial charge >= 0.3 is 0 Å². The minimum absolute atomic E-state index is 0.0605. The molecule has 2 amide bonds. The minimum Gasteiger partial charge on any atom is -0.351 e. The summed E-state index contributed by atoms with van der Waals surface area (Å²) in [6.45, 7) is 0.333.